The molecule has 3 amide bonds. The minimum atomic E-state index is -0.482. The molecule has 0 unspecified atom stereocenters. The maximum Gasteiger partial charge on any atom is 0.337 e. The first kappa shape index (κ1) is 30.5. The first-order valence-electron chi connectivity index (χ1n) is 15.1. The van der Waals surface area contributed by atoms with Gasteiger partial charge >= 0.3 is 11.3 Å². The molecule has 11 nitrogen and oxygen atoms in total. The van der Waals surface area contributed by atoms with Gasteiger partial charge in [0.25, 0.3) is 11.8 Å². The van der Waals surface area contributed by atoms with Crippen LogP contribution in [0.25, 0.3) is 0 Å². The van der Waals surface area contributed by atoms with Gasteiger partial charge in [-0.3, -0.25) is 24.1 Å². The Bertz CT molecular complexity index is 1530. The second kappa shape index (κ2) is 13.1. The summed E-state index contributed by atoms with van der Waals surface area (Å²) in [4.78, 5) is 66.0. The molecule has 2 fully saturated rings. The number of rotatable bonds is 7. The van der Waals surface area contributed by atoms with Crippen molar-refractivity contribution < 1.29 is 28.1 Å². The maximum absolute atomic E-state index is 12.3. The normalized spacial score (nSPS) is 18.8. The van der Waals surface area contributed by atoms with Gasteiger partial charge in [-0.2, -0.15) is 5.06 Å². The van der Waals surface area contributed by atoms with Crippen molar-refractivity contribution in [2.45, 2.75) is 83.5 Å². The summed E-state index contributed by atoms with van der Waals surface area (Å²) >= 11 is 0. The Morgan fingerprint density at radius 3 is 1.95 bits per heavy atom. The summed E-state index contributed by atoms with van der Waals surface area (Å²) in [7, 11) is 2.90. The summed E-state index contributed by atoms with van der Waals surface area (Å²) in [5.74, 6) is 0.959. The highest BCUT2D eigenvalue weighted by Crippen LogP contribution is 2.33. The van der Waals surface area contributed by atoms with Crippen molar-refractivity contribution in [2.75, 3.05) is 19.2 Å². The molecule has 11 heteroatoms. The molecule has 0 radical (unpaired) electrons. The first-order chi connectivity index (χ1) is 20.7. The first-order valence-corrected chi connectivity index (χ1v) is 15.1. The topological polar surface area (TPSA) is 139 Å². The van der Waals surface area contributed by atoms with Crippen LogP contribution in [0.5, 0.6) is 0 Å². The lowest BCUT2D eigenvalue weighted by Gasteiger charge is -2.29. The Balaban J connectivity index is 0.000000171. The van der Waals surface area contributed by atoms with Gasteiger partial charge < -0.3 is 14.2 Å². The van der Waals surface area contributed by atoms with Gasteiger partial charge in [0, 0.05) is 19.2 Å². The van der Waals surface area contributed by atoms with Gasteiger partial charge in [-0.1, -0.05) is 57.9 Å². The number of nitrogens with one attached hydrogen (secondary N) is 1. The molecular formula is C32H39N3O8. The van der Waals surface area contributed by atoms with E-state index >= 15 is 0 Å². The van der Waals surface area contributed by atoms with Gasteiger partial charge in [0.15, 0.2) is 0 Å². The van der Waals surface area contributed by atoms with Crippen molar-refractivity contribution in [1.82, 2.24) is 10.2 Å². The Morgan fingerprint density at radius 1 is 0.860 bits per heavy atom. The standard InChI is InChI=1S/C16H20N2O4.C16H19NO4/c1-10-17-15(20)14-12(8-7-11-5-3-4-6-11)9-13(19)22-16(14)18(10)21-2;1-17-13(18)9-12-15(16(17)20)11(8-14(19)21-12)7-6-10-4-2-3-5-10/h9,11H,1,3-8H2,2H3,(H,17,20);8,10H,2-7,9H2,1H3. The Morgan fingerprint density at radius 2 is 1.40 bits per heavy atom. The van der Waals surface area contributed by atoms with E-state index in [-0.39, 0.29) is 41.6 Å². The summed E-state index contributed by atoms with van der Waals surface area (Å²) in [6, 6.07) is 2.82. The maximum atomic E-state index is 12.3. The zero-order chi connectivity index (χ0) is 30.7. The molecule has 4 aliphatic rings. The van der Waals surface area contributed by atoms with Crippen LogP contribution in [0.1, 0.15) is 102 Å². The number of anilines is 1. The van der Waals surface area contributed by atoms with E-state index in [0.29, 0.717) is 41.4 Å². The second-order valence-electron chi connectivity index (χ2n) is 11.9. The fraction of sp³-hybridized carbons (Fsp3) is 0.531. The number of carbonyl (C=O) groups is 3. The Kier molecular flexibility index (Phi) is 9.29. The minimum Gasteiger partial charge on any atom is -0.426 e. The van der Waals surface area contributed by atoms with Gasteiger partial charge in [0.1, 0.15) is 17.1 Å². The molecule has 2 aromatic rings. The van der Waals surface area contributed by atoms with Crippen LogP contribution in [0, 0.1) is 11.8 Å². The van der Waals surface area contributed by atoms with Crippen LogP contribution in [-0.4, -0.2) is 36.8 Å². The number of carbonyl (C=O) groups excluding carboxylic acids is 3. The van der Waals surface area contributed by atoms with Crippen LogP contribution in [-0.2, 0) is 28.9 Å². The smallest absolute Gasteiger partial charge is 0.337 e. The highest BCUT2D eigenvalue weighted by molar-refractivity contribution is 6.09. The minimum absolute atomic E-state index is 0.00984. The quantitative estimate of drug-likeness (QED) is 0.467. The third kappa shape index (κ3) is 6.66. The van der Waals surface area contributed by atoms with E-state index in [2.05, 4.69) is 11.9 Å². The number of hydrogen-bond donors (Lipinski definition) is 1. The Labute approximate surface area is 249 Å². The van der Waals surface area contributed by atoms with Crippen molar-refractivity contribution in [3.8, 4) is 0 Å². The highest BCUT2D eigenvalue weighted by Gasteiger charge is 2.34. The summed E-state index contributed by atoms with van der Waals surface area (Å²) < 4.78 is 10.3. The molecule has 0 spiro atoms. The number of imide groups is 1. The van der Waals surface area contributed by atoms with Crippen molar-refractivity contribution >= 4 is 23.6 Å². The number of hydroxylamine groups is 1. The monoisotopic (exact) mass is 593 g/mol. The fourth-order valence-electron chi connectivity index (χ4n) is 6.70. The molecule has 2 aliphatic heterocycles. The zero-order valence-corrected chi connectivity index (χ0v) is 24.9. The van der Waals surface area contributed by atoms with Crippen LogP contribution in [0.2, 0.25) is 0 Å². The second-order valence-corrected chi connectivity index (χ2v) is 11.9. The van der Waals surface area contributed by atoms with E-state index in [1.54, 1.807) is 0 Å². The molecule has 0 atom stereocenters. The number of amides is 3. The molecule has 2 aromatic heterocycles. The third-order valence-electron chi connectivity index (χ3n) is 9.03. The summed E-state index contributed by atoms with van der Waals surface area (Å²) in [6.07, 6.45) is 13.4. The van der Waals surface area contributed by atoms with E-state index in [0.717, 1.165) is 23.3 Å². The lowest BCUT2D eigenvalue weighted by atomic mass is 9.93. The molecular weight excluding hydrogens is 554 g/mol. The summed E-state index contributed by atoms with van der Waals surface area (Å²) in [5.41, 5.74) is 1.29. The third-order valence-corrected chi connectivity index (χ3v) is 9.03. The number of hydrogen-bond acceptors (Lipinski definition) is 9. The van der Waals surface area contributed by atoms with E-state index < -0.39 is 11.3 Å². The number of fused-ring (bicyclic) bond motifs is 2. The summed E-state index contributed by atoms with van der Waals surface area (Å²) in [6.45, 7) is 3.69. The molecule has 1 N–H and O–H groups in total. The van der Waals surface area contributed by atoms with E-state index in [1.165, 1.54) is 82.7 Å². The average Bonchev–Trinajstić information content (AvgIpc) is 3.68. The molecule has 0 bridgehead atoms. The summed E-state index contributed by atoms with van der Waals surface area (Å²) in [5, 5.41) is 3.86. The highest BCUT2D eigenvalue weighted by atomic mass is 16.7. The van der Waals surface area contributed by atoms with E-state index in [9.17, 15) is 24.0 Å². The van der Waals surface area contributed by atoms with Crippen LogP contribution in [0.15, 0.2) is 43.0 Å². The van der Waals surface area contributed by atoms with Crippen molar-refractivity contribution in [3.63, 3.8) is 0 Å². The van der Waals surface area contributed by atoms with E-state index in [4.69, 9.17) is 13.7 Å². The molecule has 4 heterocycles. The van der Waals surface area contributed by atoms with Gasteiger partial charge in [0.2, 0.25) is 11.8 Å². The lowest BCUT2D eigenvalue weighted by Crippen LogP contribution is -2.41. The molecule has 0 aromatic carbocycles. The number of likely N-dealkylation sites (N-methyl/N-ethyl adjacent to an activating group) is 1. The van der Waals surface area contributed by atoms with Crippen molar-refractivity contribution in [3.05, 3.63) is 73.4 Å². The predicted octanol–water partition coefficient (Wildman–Crippen LogP) is 4.26. The van der Waals surface area contributed by atoms with Gasteiger partial charge in [-0.05, 0) is 48.6 Å². The van der Waals surface area contributed by atoms with Gasteiger partial charge in [-0.25, -0.2) is 9.59 Å². The predicted molar refractivity (Wildman–Crippen MR) is 157 cm³/mol. The van der Waals surface area contributed by atoms with Crippen LogP contribution in [0.3, 0.4) is 0 Å². The molecule has 230 valence electrons. The molecule has 2 aliphatic carbocycles. The van der Waals surface area contributed by atoms with Crippen molar-refractivity contribution in [1.29, 1.82) is 0 Å². The molecule has 0 saturated heterocycles. The fourth-order valence-corrected chi connectivity index (χ4v) is 6.70. The van der Waals surface area contributed by atoms with Gasteiger partial charge in [-0.15, -0.1) is 0 Å². The lowest BCUT2D eigenvalue weighted by molar-refractivity contribution is -0.127. The molecule has 2 saturated carbocycles. The average molecular weight is 594 g/mol. The Hall–Kier alpha value is -3.99. The number of aryl methyl sites for hydroxylation is 2. The van der Waals surface area contributed by atoms with Crippen LogP contribution < -0.4 is 21.6 Å². The SMILES string of the molecule is C=C1NC(=O)c2c(CCC3CCCC3)cc(=O)oc2N1OC.CN1C(=O)Cc2oc(=O)cc(CCC3CCCC3)c2C1=O. The van der Waals surface area contributed by atoms with Crippen LogP contribution in [0.4, 0.5) is 5.88 Å². The van der Waals surface area contributed by atoms with Crippen molar-refractivity contribution in [2.24, 2.45) is 11.8 Å². The van der Waals surface area contributed by atoms with E-state index in [1.807, 2.05) is 0 Å². The van der Waals surface area contributed by atoms with Gasteiger partial charge in [0.05, 0.1) is 19.1 Å². The number of nitrogens with zero attached hydrogens (tertiary/aromatic N) is 2. The largest absolute Gasteiger partial charge is 0.426 e. The van der Waals surface area contributed by atoms with Crippen LogP contribution >= 0.6 is 0 Å². The molecule has 6 rings (SSSR count). The molecule has 43 heavy (non-hydrogen) atoms. The zero-order valence-electron chi connectivity index (χ0n) is 24.9.